The van der Waals surface area contributed by atoms with Crippen LogP contribution < -0.4 is 4.90 Å². The van der Waals surface area contributed by atoms with Crippen LogP contribution in [0.4, 0.5) is 5.69 Å². The fourth-order valence-electron chi connectivity index (χ4n) is 3.67. The zero-order valence-electron chi connectivity index (χ0n) is 15.9. The van der Waals surface area contributed by atoms with E-state index in [1.807, 2.05) is 24.3 Å². The second-order valence-electron chi connectivity index (χ2n) is 7.27. The number of benzene rings is 1. The second-order valence-corrected chi connectivity index (χ2v) is 7.27. The number of nitrogens with zero attached hydrogens (tertiary/aromatic N) is 4. The van der Waals surface area contributed by atoms with Crippen LogP contribution in [0.15, 0.2) is 55.0 Å². The fourth-order valence-corrected chi connectivity index (χ4v) is 3.67. The molecule has 7 heteroatoms. The van der Waals surface area contributed by atoms with Gasteiger partial charge in [0.1, 0.15) is 0 Å². The number of aromatic amines is 1. The molecule has 1 aliphatic rings. The highest BCUT2D eigenvalue weighted by Gasteiger charge is 2.40. The number of rotatable bonds is 3. The minimum absolute atomic E-state index is 0.284. The Morgan fingerprint density at radius 3 is 2.38 bits per heavy atom. The molecule has 0 aliphatic carbocycles. The van der Waals surface area contributed by atoms with Crippen LogP contribution in [0.5, 0.6) is 0 Å². The summed E-state index contributed by atoms with van der Waals surface area (Å²) in [5, 5.41) is 7.72. The maximum Gasteiger partial charge on any atom is 0.267 e. The molecule has 4 aromatic rings. The summed E-state index contributed by atoms with van der Waals surface area (Å²) in [7, 11) is 0. The Morgan fingerprint density at radius 2 is 1.69 bits per heavy atom. The lowest BCUT2D eigenvalue weighted by molar-refractivity contribution is 0.0926. The molecule has 0 atom stereocenters. The minimum atomic E-state index is -0.376. The third-order valence-corrected chi connectivity index (χ3v) is 5.22. The standard InChI is InChI=1S/C22H17N5O2/c1-12(2)13-3-5-15(6-4-13)27-21(28)16-11-24-20-18(17(16)22(27)29)19(25-26-20)14-7-9-23-10-8-14/h3-12H,1-2H3,(H,24,25,26). The van der Waals surface area contributed by atoms with Crippen LogP contribution >= 0.6 is 0 Å². The number of hydrogen-bond donors (Lipinski definition) is 1. The van der Waals surface area contributed by atoms with Crippen molar-refractivity contribution in [3.8, 4) is 11.3 Å². The second kappa shape index (κ2) is 6.34. The van der Waals surface area contributed by atoms with E-state index in [4.69, 9.17) is 0 Å². The topological polar surface area (TPSA) is 91.8 Å². The number of imide groups is 1. The van der Waals surface area contributed by atoms with Gasteiger partial charge in [0.05, 0.1) is 27.9 Å². The highest BCUT2D eigenvalue weighted by molar-refractivity contribution is 6.38. The zero-order chi connectivity index (χ0) is 20.1. The first-order valence-electron chi connectivity index (χ1n) is 9.32. The van der Waals surface area contributed by atoms with Crippen molar-refractivity contribution in [2.24, 2.45) is 0 Å². The van der Waals surface area contributed by atoms with Gasteiger partial charge in [0.15, 0.2) is 5.65 Å². The van der Waals surface area contributed by atoms with Crippen LogP contribution in [-0.4, -0.2) is 32.0 Å². The Kier molecular flexibility index (Phi) is 3.77. The van der Waals surface area contributed by atoms with E-state index in [-0.39, 0.29) is 17.4 Å². The summed E-state index contributed by atoms with van der Waals surface area (Å²) in [6.07, 6.45) is 4.75. The summed E-state index contributed by atoms with van der Waals surface area (Å²) < 4.78 is 0. The van der Waals surface area contributed by atoms with E-state index in [2.05, 4.69) is 34.0 Å². The molecule has 0 radical (unpaired) electrons. The van der Waals surface area contributed by atoms with E-state index in [0.29, 0.717) is 33.9 Å². The molecule has 0 bridgehead atoms. The summed E-state index contributed by atoms with van der Waals surface area (Å²) in [6, 6.07) is 11.1. The number of pyridine rings is 2. The lowest BCUT2D eigenvalue weighted by Gasteiger charge is -2.15. The van der Waals surface area contributed by atoms with Crippen molar-refractivity contribution in [2.45, 2.75) is 19.8 Å². The van der Waals surface area contributed by atoms with E-state index in [9.17, 15) is 9.59 Å². The van der Waals surface area contributed by atoms with Gasteiger partial charge in [-0.1, -0.05) is 26.0 Å². The molecule has 0 saturated heterocycles. The lowest BCUT2D eigenvalue weighted by Crippen LogP contribution is -2.29. The van der Waals surface area contributed by atoms with Crippen LogP contribution in [0, 0.1) is 0 Å². The van der Waals surface area contributed by atoms with Gasteiger partial charge in [0, 0.05) is 24.2 Å². The third-order valence-electron chi connectivity index (χ3n) is 5.22. The summed E-state index contributed by atoms with van der Waals surface area (Å²) in [5.74, 6) is -0.381. The first-order valence-corrected chi connectivity index (χ1v) is 9.32. The van der Waals surface area contributed by atoms with Crippen molar-refractivity contribution in [1.82, 2.24) is 20.2 Å². The van der Waals surface area contributed by atoms with Crippen molar-refractivity contribution in [3.05, 3.63) is 71.7 Å². The number of nitrogens with one attached hydrogen (secondary N) is 1. The molecule has 0 spiro atoms. The summed E-state index contributed by atoms with van der Waals surface area (Å²) in [6.45, 7) is 4.19. The van der Waals surface area contributed by atoms with Gasteiger partial charge in [-0.2, -0.15) is 5.10 Å². The Labute approximate surface area is 166 Å². The number of fused-ring (bicyclic) bond motifs is 3. The van der Waals surface area contributed by atoms with Crippen molar-refractivity contribution in [3.63, 3.8) is 0 Å². The quantitative estimate of drug-likeness (QED) is 0.541. The van der Waals surface area contributed by atoms with Crippen LogP contribution in [-0.2, 0) is 0 Å². The number of H-pyrrole nitrogens is 1. The van der Waals surface area contributed by atoms with Gasteiger partial charge in [-0.05, 0) is 35.7 Å². The smallest absolute Gasteiger partial charge is 0.267 e. The Hall–Kier alpha value is -3.87. The SMILES string of the molecule is CC(C)c1ccc(N2C(=O)c3cnc4n[nH]c(-c5ccncc5)c4c3C2=O)cc1. The Bertz CT molecular complexity index is 1260. The van der Waals surface area contributed by atoms with E-state index in [1.165, 1.54) is 11.1 Å². The predicted molar refractivity (Wildman–Crippen MR) is 109 cm³/mol. The molecule has 7 nitrogen and oxygen atoms in total. The first-order chi connectivity index (χ1) is 14.1. The van der Waals surface area contributed by atoms with E-state index < -0.39 is 0 Å². The van der Waals surface area contributed by atoms with Gasteiger partial charge in [-0.25, -0.2) is 9.88 Å². The van der Waals surface area contributed by atoms with E-state index in [0.717, 1.165) is 11.1 Å². The molecule has 4 heterocycles. The lowest BCUT2D eigenvalue weighted by atomic mass is 10.0. The van der Waals surface area contributed by atoms with Crippen molar-refractivity contribution in [1.29, 1.82) is 0 Å². The van der Waals surface area contributed by atoms with Crippen LogP contribution in [0.3, 0.4) is 0 Å². The normalized spacial score (nSPS) is 13.6. The molecule has 0 unspecified atom stereocenters. The van der Waals surface area contributed by atoms with Crippen molar-refractivity contribution in [2.75, 3.05) is 4.90 Å². The summed E-state index contributed by atoms with van der Waals surface area (Å²) >= 11 is 0. The Morgan fingerprint density at radius 1 is 0.966 bits per heavy atom. The zero-order valence-corrected chi connectivity index (χ0v) is 15.9. The van der Waals surface area contributed by atoms with Crippen LogP contribution in [0.1, 0.15) is 46.0 Å². The molecular formula is C22H17N5O2. The molecule has 142 valence electrons. The monoisotopic (exact) mass is 383 g/mol. The maximum absolute atomic E-state index is 13.3. The maximum atomic E-state index is 13.3. The number of aromatic nitrogens is 4. The van der Waals surface area contributed by atoms with Crippen LogP contribution in [0.2, 0.25) is 0 Å². The number of anilines is 1. The molecule has 0 fully saturated rings. The van der Waals surface area contributed by atoms with Crippen molar-refractivity contribution < 1.29 is 9.59 Å². The summed E-state index contributed by atoms with van der Waals surface area (Å²) in [4.78, 5) is 35.9. The molecule has 5 rings (SSSR count). The van der Waals surface area contributed by atoms with Crippen LogP contribution in [0.25, 0.3) is 22.3 Å². The molecule has 1 aromatic carbocycles. The largest absolute Gasteiger partial charge is 0.275 e. The number of carbonyl (C=O) groups excluding carboxylic acids is 2. The summed E-state index contributed by atoms with van der Waals surface area (Å²) in [5.41, 5.74) is 4.16. The van der Waals surface area contributed by atoms with Gasteiger partial charge in [0.25, 0.3) is 11.8 Å². The third kappa shape index (κ3) is 2.55. The van der Waals surface area contributed by atoms with E-state index in [1.54, 1.807) is 24.5 Å². The van der Waals surface area contributed by atoms with Gasteiger partial charge in [-0.3, -0.25) is 19.7 Å². The van der Waals surface area contributed by atoms with Gasteiger partial charge in [-0.15, -0.1) is 0 Å². The number of hydrogen-bond acceptors (Lipinski definition) is 5. The average Bonchev–Trinajstić information content (AvgIpc) is 3.28. The minimum Gasteiger partial charge on any atom is -0.275 e. The first kappa shape index (κ1) is 17.2. The highest BCUT2D eigenvalue weighted by Crippen LogP contribution is 2.36. The molecule has 0 saturated carbocycles. The molecule has 2 amide bonds. The fraction of sp³-hybridized carbons (Fsp3) is 0.136. The molecule has 1 N–H and O–H groups in total. The molecule has 3 aromatic heterocycles. The van der Waals surface area contributed by atoms with Gasteiger partial charge >= 0.3 is 0 Å². The van der Waals surface area contributed by atoms with E-state index >= 15 is 0 Å². The highest BCUT2D eigenvalue weighted by atomic mass is 16.2. The average molecular weight is 383 g/mol. The number of carbonyl (C=O) groups is 2. The molecular weight excluding hydrogens is 366 g/mol. The molecule has 1 aliphatic heterocycles. The Balaban J connectivity index is 1.67. The van der Waals surface area contributed by atoms with Gasteiger partial charge < -0.3 is 0 Å². The van der Waals surface area contributed by atoms with Crippen molar-refractivity contribution >= 4 is 28.5 Å². The number of amides is 2. The molecule has 29 heavy (non-hydrogen) atoms. The predicted octanol–water partition coefficient (Wildman–Crippen LogP) is 3.94. The van der Waals surface area contributed by atoms with Gasteiger partial charge in [0.2, 0.25) is 0 Å².